The quantitative estimate of drug-likeness (QED) is 0.760. The van der Waals surface area contributed by atoms with E-state index in [1.54, 1.807) is 0 Å². The summed E-state index contributed by atoms with van der Waals surface area (Å²) in [6.45, 7) is 11.0. The number of aromatic nitrogens is 1. The van der Waals surface area contributed by atoms with Gasteiger partial charge in [0.05, 0.1) is 17.9 Å². The second-order valence-electron chi connectivity index (χ2n) is 8.53. The van der Waals surface area contributed by atoms with Crippen LogP contribution in [0.1, 0.15) is 45.2 Å². The van der Waals surface area contributed by atoms with E-state index in [1.807, 2.05) is 13.0 Å². The molecule has 2 fully saturated rings. The highest BCUT2D eigenvalue weighted by Gasteiger charge is 2.26. The molecule has 0 radical (unpaired) electrons. The third-order valence-electron chi connectivity index (χ3n) is 6.18. The molecule has 0 amide bonds. The summed E-state index contributed by atoms with van der Waals surface area (Å²) in [5.41, 5.74) is 3.27. The normalized spacial score (nSPS) is 20.2. The average molecular weight is 384 g/mol. The van der Waals surface area contributed by atoms with E-state index < -0.39 is 0 Å². The molecule has 5 nitrogen and oxygen atoms in total. The lowest BCUT2D eigenvalue weighted by molar-refractivity contribution is -0.0540. The van der Waals surface area contributed by atoms with E-state index in [4.69, 9.17) is 9.26 Å². The van der Waals surface area contributed by atoms with E-state index in [0.29, 0.717) is 18.2 Å². The minimum Gasteiger partial charge on any atom is -0.375 e. The fraction of sp³-hybridized carbons (Fsp3) is 0.609. The minimum atomic E-state index is 0.420. The Balaban J connectivity index is 1.25. The van der Waals surface area contributed by atoms with Gasteiger partial charge < -0.3 is 19.1 Å². The Labute approximate surface area is 168 Å². The molecule has 0 bridgehead atoms. The van der Waals surface area contributed by atoms with E-state index in [2.05, 4.69) is 53.1 Å². The van der Waals surface area contributed by atoms with Crippen LogP contribution in [0.15, 0.2) is 34.9 Å². The Morgan fingerprint density at radius 3 is 2.11 bits per heavy atom. The molecule has 1 aromatic heterocycles. The largest absolute Gasteiger partial charge is 0.375 e. The summed E-state index contributed by atoms with van der Waals surface area (Å²) in [5.74, 6) is 0.833. The molecule has 4 rings (SSSR count). The van der Waals surface area contributed by atoms with Crippen LogP contribution < -0.4 is 4.90 Å². The van der Waals surface area contributed by atoms with Gasteiger partial charge in [0, 0.05) is 49.5 Å². The maximum Gasteiger partial charge on any atom is 0.167 e. The molecule has 0 spiro atoms. The van der Waals surface area contributed by atoms with Crippen LogP contribution >= 0.6 is 0 Å². The van der Waals surface area contributed by atoms with Gasteiger partial charge in [0.2, 0.25) is 0 Å². The Bertz CT molecular complexity index is 739. The molecular weight excluding hydrogens is 350 g/mol. The van der Waals surface area contributed by atoms with Crippen LogP contribution in [0.3, 0.4) is 0 Å². The Morgan fingerprint density at radius 1 is 0.964 bits per heavy atom. The summed E-state index contributed by atoms with van der Waals surface area (Å²) in [6.07, 6.45) is 5.47. The summed E-state index contributed by atoms with van der Waals surface area (Å²) in [4.78, 5) is 5.03. The first-order valence-corrected chi connectivity index (χ1v) is 10.8. The van der Waals surface area contributed by atoms with Crippen molar-refractivity contribution < 1.29 is 9.26 Å². The van der Waals surface area contributed by atoms with Crippen molar-refractivity contribution in [2.75, 3.05) is 31.1 Å². The molecular formula is C23H33N3O2. The number of rotatable bonds is 5. The topological polar surface area (TPSA) is 41.7 Å². The molecule has 0 saturated carbocycles. The molecule has 3 heterocycles. The number of piperidine rings is 2. The van der Waals surface area contributed by atoms with Gasteiger partial charge in [0.15, 0.2) is 5.76 Å². The fourth-order valence-electron chi connectivity index (χ4n) is 4.39. The summed E-state index contributed by atoms with van der Waals surface area (Å²) < 4.78 is 11.8. The number of likely N-dealkylation sites (tertiary alicyclic amines) is 1. The number of ether oxygens (including phenoxy) is 1. The molecule has 28 heavy (non-hydrogen) atoms. The van der Waals surface area contributed by atoms with Crippen LogP contribution in [0.5, 0.6) is 0 Å². The Kier molecular flexibility index (Phi) is 6.02. The zero-order valence-electron chi connectivity index (χ0n) is 17.4. The molecule has 0 unspecified atom stereocenters. The predicted octanol–water partition coefficient (Wildman–Crippen LogP) is 4.51. The van der Waals surface area contributed by atoms with Crippen LogP contribution in [0.2, 0.25) is 0 Å². The highest BCUT2D eigenvalue weighted by atomic mass is 16.5. The number of hydrogen-bond donors (Lipinski definition) is 0. The maximum absolute atomic E-state index is 6.45. The smallest absolute Gasteiger partial charge is 0.167 e. The van der Waals surface area contributed by atoms with Gasteiger partial charge in [-0.25, -0.2) is 0 Å². The fourth-order valence-corrected chi connectivity index (χ4v) is 4.39. The molecule has 0 N–H and O–H groups in total. The molecule has 5 heteroatoms. The van der Waals surface area contributed by atoms with E-state index in [0.717, 1.165) is 42.9 Å². The third-order valence-corrected chi connectivity index (χ3v) is 6.18. The van der Waals surface area contributed by atoms with Crippen LogP contribution in [0.25, 0.3) is 11.3 Å². The van der Waals surface area contributed by atoms with E-state index in [1.165, 1.54) is 31.6 Å². The van der Waals surface area contributed by atoms with Crippen LogP contribution in [-0.4, -0.2) is 54.5 Å². The van der Waals surface area contributed by atoms with Crippen LogP contribution in [0, 0.1) is 6.92 Å². The number of benzene rings is 1. The average Bonchev–Trinajstić information content (AvgIpc) is 3.15. The van der Waals surface area contributed by atoms with Crippen molar-refractivity contribution in [3.05, 3.63) is 36.0 Å². The van der Waals surface area contributed by atoms with Crippen molar-refractivity contribution >= 4 is 5.69 Å². The number of aryl methyl sites for hydroxylation is 1. The summed E-state index contributed by atoms with van der Waals surface area (Å²) in [5, 5.41) is 3.97. The second-order valence-corrected chi connectivity index (χ2v) is 8.53. The van der Waals surface area contributed by atoms with Gasteiger partial charge in [-0.05, 0) is 70.7 Å². The van der Waals surface area contributed by atoms with Gasteiger partial charge in [-0.2, -0.15) is 0 Å². The number of anilines is 1. The van der Waals surface area contributed by atoms with E-state index in [-0.39, 0.29) is 0 Å². The lowest BCUT2D eigenvalue weighted by Gasteiger charge is -2.38. The van der Waals surface area contributed by atoms with Gasteiger partial charge in [-0.1, -0.05) is 5.16 Å². The lowest BCUT2D eigenvalue weighted by atomic mass is 10.0. The molecule has 1 aromatic carbocycles. The first-order valence-electron chi connectivity index (χ1n) is 10.8. The van der Waals surface area contributed by atoms with Crippen LogP contribution in [0.4, 0.5) is 5.69 Å². The second kappa shape index (κ2) is 8.66. The Hall–Kier alpha value is -1.85. The highest BCUT2D eigenvalue weighted by Crippen LogP contribution is 2.27. The molecule has 152 valence electrons. The van der Waals surface area contributed by atoms with Crippen LogP contribution in [-0.2, 0) is 4.74 Å². The van der Waals surface area contributed by atoms with Gasteiger partial charge in [-0.3, -0.25) is 0 Å². The summed E-state index contributed by atoms with van der Waals surface area (Å²) in [6, 6.07) is 11.3. The van der Waals surface area contributed by atoms with E-state index in [9.17, 15) is 0 Å². The monoisotopic (exact) mass is 383 g/mol. The molecule has 2 aromatic rings. The van der Waals surface area contributed by atoms with Crippen molar-refractivity contribution in [3.63, 3.8) is 0 Å². The summed E-state index contributed by atoms with van der Waals surface area (Å²) >= 11 is 0. The number of hydrogen-bond acceptors (Lipinski definition) is 5. The van der Waals surface area contributed by atoms with Crippen molar-refractivity contribution in [1.29, 1.82) is 0 Å². The molecule has 2 aliphatic rings. The summed E-state index contributed by atoms with van der Waals surface area (Å²) in [7, 11) is 0. The van der Waals surface area contributed by atoms with Gasteiger partial charge >= 0.3 is 0 Å². The first kappa shape index (κ1) is 19.5. The highest BCUT2D eigenvalue weighted by molar-refractivity contribution is 5.62. The van der Waals surface area contributed by atoms with Gasteiger partial charge in [0.25, 0.3) is 0 Å². The zero-order chi connectivity index (χ0) is 19.5. The number of nitrogens with zero attached hydrogens (tertiary/aromatic N) is 3. The Morgan fingerprint density at radius 2 is 1.57 bits per heavy atom. The maximum atomic E-state index is 6.45. The first-order chi connectivity index (χ1) is 13.6. The molecule has 0 aliphatic carbocycles. The third kappa shape index (κ3) is 4.58. The lowest BCUT2D eigenvalue weighted by Crippen LogP contribution is -2.43. The van der Waals surface area contributed by atoms with Gasteiger partial charge in [0.1, 0.15) is 0 Å². The van der Waals surface area contributed by atoms with Gasteiger partial charge in [-0.15, -0.1) is 0 Å². The van der Waals surface area contributed by atoms with E-state index >= 15 is 0 Å². The predicted molar refractivity (Wildman–Crippen MR) is 113 cm³/mol. The van der Waals surface area contributed by atoms with Crippen molar-refractivity contribution in [2.45, 2.75) is 64.7 Å². The standard InChI is InChI=1S/C23H33N3O2/c1-17(2)25-12-8-21(9-13-25)27-22-10-14-26(15-11-22)20-6-4-19(5-7-20)23-16-18(3)24-28-23/h4-7,16-17,21-22H,8-15H2,1-3H3. The minimum absolute atomic E-state index is 0.420. The molecule has 2 saturated heterocycles. The molecule has 2 aliphatic heterocycles. The van der Waals surface area contributed by atoms with Crippen molar-refractivity contribution in [2.24, 2.45) is 0 Å². The van der Waals surface area contributed by atoms with Crippen molar-refractivity contribution in [1.82, 2.24) is 10.1 Å². The van der Waals surface area contributed by atoms with Crippen molar-refractivity contribution in [3.8, 4) is 11.3 Å². The SMILES string of the molecule is Cc1cc(-c2ccc(N3CCC(OC4CCN(C(C)C)CC4)CC3)cc2)on1. The molecule has 0 atom stereocenters. The zero-order valence-corrected chi connectivity index (χ0v) is 17.4.